The second-order valence-corrected chi connectivity index (χ2v) is 7.71. The average Bonchev–Trinajstić information content (AvgIpc) is 3.09. The lowest BCUT2D eigenvalue weighted by Gasteiger charge is -2.40. The number of carbonyl (C=O) groups excluding carboxylic acids is 1. The van der Waals surface area contributed by atoms with E-state index < -0.39 is 5.60 Å². The first kappa shape index (κ1) is 18.5. The summed E-state index contributed by atoms with van der Waals surface area (Å²) in [6, 6.07) is 0.171. The molecule has 26 heavy (non-hydrogen) atoms. The maximum atomic E-state index is 12.0. The van der Waals surface area contributed by atoms with Gasteiger partial charge >= 0.3 is 6.09 Å². The molecule has 0 unspecified atom stereocenters. The molecule has 144 valence electrons. The number of carbonyl (C=O) groups is 1. The van der Waals surface area contributed by atoms with E-state index in [0.29, 0.717) is 19.6 Å². The summed E-state index contributed by atoms with van der Waals surface area (Å²) >= 11 is 0. The monoisotopic (exact) mass is 363 g/mol. The van der Waals surface area contributed by atoms with Crippen LogP contribution in [0.1, 0.15) is 45.8 Å². The fraction of sp³-hybridized carbons (Fsp3) is 0.765. The second-order valence-electron chi connectivity index (χ2n) is 7.71. The number of aliphatic imine (C=N–C) groups is 1. The highest BCUT2D eigenvalue weighted by molar-refractivity contribution is 5.80. The Morgan fingerprint density at radius 3 is 2.81 bits per heavy atom. The van der Waals surface area contributed by atoms with Crippen LogP contribution in [0.2, 0.25) is 0 Å². The molecule has 3 rings (SSSR count). The van der Waals surface area contributed by atoms with E-state index in [-0.39, 0.29) is 12.1 Å². The second kappa shape index (κ2) is 7.51. The smallest absolute Gasteiger partial charge is 0.410 e. The van der Waals surface area contributed by atoms with Gasteiger partial charge in [-0.15, -0.1) is 10.2 Å². The van der Waals surface area contributed by atoms with Gasteiger partial charge in [0.15, 0.2) is 11.8 Å². The van der Waals surface area contributed by atoms with Crippen molar-refractivity contribution in [2.24, 2.45) is 4.99 Å². The molecule has 1 saturated heterocycles. The van der Waals surface area contributed by atoms with Crippen LogP contribution in [0.4, 0.5) is 4.79 Å². The van der Waals surface area contributed by atoms with E-state index in [0.717, 1.165) is 43.5 Å². The molecule has 0 spiro atoms. The number of amides is 1. The minimum absolute atomic E-state index is 0.171. The predicted molar refractivity (Wildman–Crippen MR) is 97.9 cm³/mol. The number of rotatable bonds is 4. The van der Waals surface area contributed by atoms with E-state index in [1.54, 1.807) is 4.90 Å². The Hall–Kier alpha value is -2.32. The Balaban J connectivity index is 1.51. The molecular weight excluding hydrogens is 334 g/mol. The minimum Gasteiger partial charge on any atom is -0.444 e. The van der Waals surface area contributed by atoms with Crippen LogP contribution >= 0.6 is 0 Å². The summed E-state index contributed by atoms with van der Waals surface area (Å²) in [7, 11) is 0. The molecule has 0 radical (unpaired) electrons. The van der Waals surface area contributed by atoms with Crippen molar-refractivity contribution in [3.8, 4) is 0 Å². The Bertz CT molecular complexity index is 671. The van der Waals surface area contributed by atoms with Gasteiger partial charge in [-0.25, -0.2) is 9.79 Å². The van der Waals surface area contributed by atoms with Crippen molar-refractivity contribution in [1.29, 1.82) is 0 Å². The molecule has 0 aromatic carbocycles. The molecule has 2 aliphatic rings. The molecule has 1 aromatic heterocycles. The summed E-state index contributed by atoms with van der Waals surface area (Å²) in [5, 5.41) is 15.1. The highest BCUT2D eigenvalue weighted by atomic mass is 16.6. The van der Waals surface area contributed by atoms with Crippen LogP contribution < -0.4 is 10.6 Å². The quantitative estimate of drug-likeness (QED) is 0.609. The number of nitrogens with zero attached hydrogens (tertiary/aromatic N) is 5. The van der Waals surface area contributed by atoms with Crippen molar-refractivity contribution in [3.63, 3.8) is 0 Å². The van der Waals surface area contributed by atoms with Crippen LogP contribution in [0.15, 0.2) is 4.99 Å². The third kappa shape index (κ3) is 4.44. The maximum absolute atomic E-state index is 12.0. The first-order valence-corrected chi connectivity index (χ1v) is 9.29. The number of nitrogens with one attached hydrogen (secondary N) is 2. The van der Waals surface area contributed by atoms with Crippen molar-refractivity contribution >= 4 is 12.1 Å². The minimum atomic E-state index is -0.468. The van der Waals surface area contributed by atoms with E-state index in [2.05, 4.69) is 30.4 Å². The first-order valence-electron chi connectivity index (χ1n) is 9.29. The Morgan fingerprint density at radius 2 is 2.12 bits per heavy atom. The molecule has 1 aromatic rings. The number of hydrogen-bond acceptors (Lipinski definition) is 5. The first-order chi connectivity index (χ1) is 12.4. The highest BCUT2D eigenvalue weighted by Gasteiger charge is 2.34. The summed E-state index contributed by atoms with van der Waals surface area (Å²) < 4.78 is 7.53. The van der Waals surface area contributed by atoms with Crippen LogP contribution in [0.3, 0.4) is 0 Å². The Morgan fingerprint density at radius 1 is 1.35 bits per heavy atom. The number of aryl methyl sites for hydroxylation is 1. The summed E-state index contributed by atoms with van der Waals surface area (Å²) in [5.41, 5.74) is -0.468. The van der Waals surface area contributed by atoms with Crippen molar-refractivity contribution in [2.75, 3.05) is 19.6 Å². The highest BCUT2D eigenvalue weighted by Crippen LogP contribution is 2.16. The van der Waals surface area contributed by atoms with Gasteiger partial charge in [-0.2, -0.15) is 0 Å². The number of likely N-dealkylation sites (tertiary alicyclic amines) is 1. The molecule has 1 amide bonds. The lowest BCUT2D eigenvalue weighted by Crippen LogP contribution is -2.63. The molecular formula is C17H29N7O2. The zero-order valence-electron chi connectivity index (χ0n) is 16.1. The van der Waals surface area contributed by atoms with Gasteiger partial charge in [0.2, 0.25) is 0 Å². The number of hydrogen-bond donors (Lipinski definition) is 2. The summed E-state index contributed by atoms with van der Waals surface area (Å²) in [6.07, 6.45) is 1.86. The van der Waals surface area contributed by atoms with Crippen molar-refractivity contribution < 1.29 is 9.53 Å². The fourth-order valence-corrected chi connectivity index (χ4v) is 3.04. The predicted octanol–water partition coefficient (Wildman–Crippen LogP) is 0.899. The maximum Gasteiger partial charge on any atom is 0.410 e. The summed E-state index contributed by atoms with van der Waals surface area (Å²) in [5.74, 6) is 2.69. The van der Waals surface area contributed by atoms with Gasteiger partial charge in [-0.05, 0) is 34.1 Å². The van der Waals surface area contributed by atoms with Crippen LogP contribution in [-0.2, 0) is 24.2 Å². The molecule has 3 heterocycles. The van der Waals surface area contributed by atoms with Gasteiger partial charge in [0.1, 0.15) is 18.0 Å². The van der Waals surface area contributed by atoms with E-state index in [1.165, 1.54) is 0 Å². The average molecular weight is 363 g/mol. The molecule has 0 atom stereocenters. The van der Waals surface area contributed by atoms with Crippen LogP contribution in [0.5, 0.6) is 0 Å². The number of fused-ring (bicyclic) bond motifs is 1. The van der Waals surface area contributed by atoms with Crippen LogP contribution in [0, 0.1) is 0 Å². The van der Waals surface area contributed by atoms with Gasteiger partial charge in [0.05, 0.1) is 6.04 Å². The summed E-state index contributed by atoms with van der Waals surface area (Å²) in [4.78, 5) is 18.3. The van der Waals surface area contributed by atoms with E-state index in [4.69, 9.17) is 4.74 Å². The zero-order valence-corrected chi connectivity index (χ0v) is 16.1. The standard InChI is InChI=1S/C17H29N7O2/c1-5-18-15(19-9-14-22-21-13-7-6-8-24(13)14)20-12-10-23(11-12)16(25)26-17(2,3)4/h12H,5-11H2,1-4H3,(H2,18,19,20). The fourth-order valence-electron chi connectivity index (χ4n) is 3.04. The third-order valence-electron chi connectivity index (χ3n) is 4.28. The third-order valence-corrected chi connectivity index (χ3v) is 4.28. The number of guanidine groups is 1. The van der Waals surface area contributed by atoms with Gasteiger partial charge in [0.25, 0.3) is 0 Å². The lowest BCUT2D eigenvalue weighted by atomic mass is 10.1. The van der Waals surface area contributed by atoms with Crippen molar-refractivity contribution in [1.82, 2.24) is 30.3 Å². The molecule has 0 saturated carbocycles. The van der Waals surface area contributed by atoms with Gasteiger partial charge in [0, 0.05) is 32.6 Å². The van der Waals surface area contributed by atoms with Gasteiger partial charge in [-0.1, -0.05) is 0 Å². The molecule has 9 nitrogen and oxygen atoms in total. The summed E-state index contributed by atoms with van der Waals surface area (Å²) in [6.45, 7) is 11.1. The van der Waals surface area contributed by atoms with Crippen molar-refractivity contribution in [2.45, 2.75) is 65.3 Å². The normalized spacial score (nSPS) is 17.7. The topological polar surface area (TPSA) is 96.7 Å². The van der Waals surface area contributed by atoms with Gasteiger partial charge in [-0.3, -0.25) is 0 Å². The van der Waals surface area contributed by atoms with E-state index in [9.17, 15) is 4.79 Å². The van der Waals surface area contributed by atoms with E-state index >= 15 is 0 Å². The molecule has 0 aliphatic carbocycles. The van der Waals surface area contributed by atoms with Gasteiger partial charge < -0.3 is 24.8 Å². The zero-order chi connectivity index (χ0) is 18.7. The van der Waals surface area contributed by atoms with Crippen LogP contribution in [0.25, 0.3) is 0 Å². The molecule has 1 fully saturated rings. The van der Waals surface area contributed by atoms with Crippen LogP contribution in [-0.4, -0.2) is 63.0 Å². The molecule has 0 bridgehead atoms. The largest absolute Gasteiger partial charge is 0.444 e. The molecule has 2 aliphatic heterocycles. The van der Waals surface area contributed by atoms with Crippen molar-refractivity contribution in [3.05, 3.63) is 11.6 Å². The Kier molecular flexibility index (Phi) is 5.33. The molecule has 2 N–H and O–H groups in total. The van der Waals surface area contributed by atoms with E-state index in [1.807, 2.05) is 27.7 Å². The lowest BCUT2D eigenvalue weighted by molar-refractivity contribution is 0.00701. The SMILES string of the molecule is CCNC(=NCc1nnc2n1CCC2)NC1CN(C(=O)OC(C)(C)C)C1. The number of ether oxygens (including phenoxy) is 1. The Labute approximate surface area is 154 Å². The molecule has 9 heteroatoms. The number of aromatic nitrogens is 3.